The quantitative estimate of drug-likeness (QED) is 0.582. The Morgan fingerprint density at radius 2 is 1.85 bits per heavy atom. The van der Waals surface area contributed by atoms with Gasteiger partial charge in [-0.1, -0.05) is 24.3 Å². The second kappa shape index (κ2) is 8.01. The molecular formula is C20H18FN3O2S. The van der Waals surface area contributed by atoms with Gasteiger partial charge in [0.1, 0.15) is 0 Å². The number of likely N-dealkylation sites (N-methyl/N-ethyl adjacent to an activating group) is 1. The van der Waals surface area contributed by atoms with Gasteiger partial charge in [0.05, 0.1) is 11.4 Å². The molecule has 7 heteroatoms. The Hall–Kier alpha value is -3.19. The van der Waals surface area contributed by atoms with E-state index >= 15 is 0 Å². The molecule has 1 atom stereocenters. The second-order valence-electron chi connectivity index (χ2n) is 5.83. The van der Waals surface area contributed by atoms with E-state index in [1.54, 1.807) is 17.4 Å². The molecule has 3 aromatic rings. The van der Waals surface area contributed by atoms with Crippen LogP contribution in [0.1, 0.15) is 22.1 Å². The van der Waals surface area contributed by atoms with Gasteiger partial charge >= 0.3 is 0 Å². The molecule has 5 nitrogen and oxygen atoms in total. The van der Waals surface area contributed by atoms with Crippen LogP contribution in [-0.2, 0) is 4.79 Å². The van der Waals surface area contributed by atoms with Crippen molar-refractivity contribution in [1.82, 2.24) is 5.32 Å². The summed E-state index contributed by atoms with van der Waals surface area (Å²) in [5.74, 6) is -1.10. The lowest BCUT2D eigenvalue weighted by atomic mass is 10.1. The number of rotatable bonds is 5. The van der Waals surface area contributed by atoms with Gasteiger partial charge in [0, 0.05) is 17.5 Å². The lowest BCUT2D eigenvalue weighted by Gasteiger charge is -2.11. The van der Waals surface area contributed by atoms with E-state index in [0.29, 0.717) is 16.9 Å². The molecule has 0 saturated carbocycles. The summed E-state index contributed by atoms with van der Waals surface area (Å²) in [5, 5.41) is 7.00. The number of halogens is 1. The SMILES string of the molecule is CNC(=O)C(F)c1ccc(C(=O)Nc2cc(-c3cccs3)ccc2N)cc1. The van der Waals surface area contributed by atoms with E-state index in [9.17, 15) is 14.0 Å². The predicted molar refractivity (Wildman–Crippen MR) is 106 cm³/mol. The number of carbonyl (C=O) groups excluding carboxylic acids is 2. The van der Waals surface area contributed by atoms with E-state index in [1.165, 1.54) is 31.3 Å². The van der Waals surface area contributed by atoms with Gasteiger partial charge in [-0.15, -0.1) is 11.3 Å². The monoisotopic (exact) mass is 383 g/mol. The highest BCUT2D eigenvalue weighted by Crippen LogP contribution is 2.30. The Labute approximate surface area is 160 Å². The number of thiophene rings is 1. The van der Waals surface area contributed by atoms with Crippen molar-refractivity contribution in [3.05, 3.63) is 71.1 Å². The maximum absolute atomic E-state index is 13.9. The number of nitrogen functional groups attached to an aromatic ring is 1. The molecule has 1 unspecified atom stereocenters. The van der Waals surface area contributed by atoms with Crippen LogP contribution in [-0.4, -0.2) is 18.9 Å². The van der Waals surface area contributed by atoms with E-state index < -0.39 is 12.1 Å². The van der Waals surface area contributed by atoms with Gasteiger partial charge in [-0.3, -0.25) is 9.59 Å². The zero-order chi connectivity index (χ0) is 19.4. The molecule has 0 aliphatic heterocycles. The molecule has 0 aliphatic carbocycles. The van der Waals surface area contributed by atoms with Crippen LogP contribution in [0.5, 0.6) is 0 Å². The van der Waals surface area contributed by atoms with Gasteiger partial charge < -0.3 is 16.4 Å². The van der Waals surface area contributed by atoms with Crippen LogP contribution in [0.25, 0.3) is 10.4 Å². The van der Waals surface area contributed by atoms with E-state index in [-0.39, 0.29) is 11.5 Å². The maximum atomic E-state index is 13.9. The molecule has 0 aliphatic rings. The van der Waals surface area contributed by atoms with Crippen molar-refractivity contribution in [3.8, 4) is 10.4 Å². The number of amides is 2. The minimum atomic E-state index is -1.77. The third-order valence-corrected chi connectivity index (χ3v) is 4.97. The zero-order valence-corrected chi connectivity index (χ0v) is 15.3. The summed E-state index contributed by atoms with van der Waals surface area (Å²) in [6, 6.07) is 15.2. The molecule has 0 saturated heterocycles. The Morgan fingerprint density at radius 1 is 1.11 bits per heavy atom. The number of hydrogen-bond acceptors (Lipinski definition) is 4. The number of anilines is 2. The Morgan fingerprint density at radius 3 is 2.48 bits per heavy atom. The fourth-order valence-electron chi connectivity index (χ4n) is 2.54. The zero-order valence-electron chi connectivity index (χ0n) is 14.5. The van der Waals surface area contributed by atoms with Crippen molar-refractivity contribution in [2.24, 2.45) is 0 Å². The van der Waals surface area contributed by atoms with Crippen LogP contribution in [0.4, 0.5) is 15.8 Å². The highest BCUT2D eigenvalue weighted by atomic mass is 32.1. The molecular weight excluding hydrogens is 365 g/mol. The minimum absolute atomic E-state index is 0.185. The fourth-order valence-corrected chi connectivity index (χ4v) is 3.26. The predicted octanol–water partition coefficient (Wildman–Crippen LogP) is 4.01. The summed E-state index contributed by atoms with van der Waals surface area (Å²) in [6.45, 7) is 0. The van der Waals surface area contributed by atoms with Crippen LogP contribution in [0.3, 0.4) is 0 Å². The van der Waals surface area contributed by atoms with Crippen molar-refractivity contribution < 1.29 is 14.0 Å². The van der Waals surface area contributed by atoms with Crippen LogP contribution in [0.2, 0.25) is 0 Å². The molecule has 2 amide bonds. The van der Waals surface area contributed by atoms with Crippen molar-refractivity contribution in [2.75, 3.05) is 18.1 Å². The highest BCUT2D eigenvalue weighted by molar-refractivity contribution is 7.13. The number of benzene rings is 2. The molecule has 27 heavy (non-hydrogen) atoms. The largest absolute Gasteiger partial charge is 0.397 e. The van der Waals surface area contributed by atoms with Crippen LogP contribution in [0, 0.1) is 0 Å². The Bertz CT molecular complexity index is 956. The van der Waals surface area contributed by atoms with Crippen molar-refractivity contribution >= 4 is 34.5 Å². The van der Waals surface area contributed by atoms with Gasteiger partial charge in [-0.05, 0) is 46.8 Å². The van der Waals surface area contributed by atoms with Gasteiger partial charge in [-0.2, -0.15) is 0 Å². The van der Waals surface area contributed by atoms with E-state index in [2.05, 4.69) is 10.6 Å². The molecule has 0 bridgehead atoms. The number of alkyl halides is 1. The first-order valence-electron chi connectivity index (χ1n) is 8.20. The molecule has 0 spiro atoms. The minimum Gasteiger partial charge on any atom is -0.397 e. The van der Waals surface area contributed by atoms with Gasteiger partial charge in [0.15, 0.2) is 0 Å². The number of hydrogen-bond donors (Lipinski definition) is 3. The highest BCUT2D eigenvalue weighted by Gasteiger charge is 2.18. The molecule has 0 radical (unpaired) electrons. The van der Waals surface area contributed by atoms with E-state index in [1.807, 2.05) is 29.6 Å². The molecule has 0 fully saturated rings. The topological polar surface area (TPSA) is 84.2 Å². The summed E-state index contributed by atoms with van der Waals surface area (Å²) < 4.78 is 13.9. The van der Waals surface area contributed by atoms with Crippen LogP contribution < -0.4 is 16.4 Å². The molecule has 3 rings (SSSR count). The van der Waals surface area contributed by atoms with E-state index in [0.717, 1.165) is 10.4 Å². The standard InChI is InChI=1S/C20H18FN3O2S/c1-23-20(26)18(21)12-4-6-13(7-5-12)19(25)24-16-11-14(8-9-15(16)22)17-3-2-10-27-17/h2-11,18H,22H2,1H3,(H,23,26)(H,24,25). The van der Waals surface area contributed by atoms with Crippen molar-refractivity contribution in [1.29, 1.82) is 0 Å². The summed E-state index contributed by atoms with van der Waals surface area (Å²) in [6.07, 6.45) is -1.77. The van der Waals surface area contributed by atoms with Gasteiger partial charge in [0.2, 0.25) is 6.17 Å². The molecule has 4 N–H and O–H groups in total. The maximum Gasteiger partial charge on any atom is 0.258 e. The molecule has 2 aromatic carbocycles. The molecule has 138 valence electrons. The first-order valence-corrected chi connectivity index (χ1v) is 9.08. The van der Waals surface area contributed by atoms with Crippen molar-refractivity contribution in [3.63, 3.8) is 0 Å². The summed E-state index contributed by atoms with van der Waals surface area (Å²) in [5.41, 5.74) is 8.40. The fraction of sp³-hybridized carbons (Fsp3) is 0.100. The van der Waals surface area contributed by atoms with Gasteiger partial charge in [-0.25, -0.2) is 4.39 Å². The summed E-state index contributed by atoms with van der Waals surface area (Å²) in [4.78, 5) is 24.9. The normalized spacial score (nSPS) is 11.6. The lowest BCUT2D eigenvalue weighted by molar-refractivity contribution is -0.125. The first-order chi connectivity index (χ1) is 13.0. The smallest absolute Gasteiger partial charge is 0.258 e. The average molecular weight is 383 g/mol. The van der Waals surface area contributed by atoms with Crippen LogP contribution >= 0.6 is 11.3 Å². The number of nitrogens with one attached hydrogen (secondary N) is 2. The second-order valence-corrected chi connectivity index (χ2v) is 6.78. The van der Waals surface area contributed by atoms with Crippen LogP contribution in [0.15, 0.2) is 60.0 Å². The molecule has 1 aromatic heterocycles. The third-order valence-electron chi connectivity index (χ3n) is 4.05. The summed E-state index contributed by atoms with van der Waals surface area (Å²) >= 11 is 1.59. The Balaban J connectivity index is 1.77. The van der Waals surface area contributed by atoms with Gasteiger partial charge in [0.25, 0.3) is 11.8 Å². The average Bonchev–Trinajstić information content (AvgIpc) is 3.23. The van der Waals surface area contributed by atoms with Crippen molar-refractivity contribution in [2.45, 2.75) is 6.17 Å². The van der Waals surface area contributed by atoms with E-state index in [4.69, 9.17) is 5.73 Å². The number of carbonyl (C=O) groups is 2. The number of nitrogens with two attached hydrogens (primary N) is 1. The molecule has 1 heterocycles. The Kier molecular flexibility index (Phi) is 5.52. The summed E-state index contributed by atoms with van der Waals surface area (Å²) in [7, 11) is 1.37. The lowest BCUT2D eigenvalue weighted by Crippen LogP contribution is -2.23. The third kappa shape index (κ3) is 4.15. The first kappa shape index (κ1) is 18.6.